The number of fused-ring (bicyclic) bond motifs is 2. The fourth-order valence-corrected chi connectivity index (χ4v) is 4.14. The molecule has 0 saturated heterocycles. The first kappa shape index (κ1) is 22.3. The van der Waals surface area contributed by atoms with E-state index in [2.05, 4.69) is 34.6 Å². The summed E-state index contributed by atoms with van der Waals surface area (Å²) < 4.78 is 11.7. The van der Waals surface area contributed by atoms with Gasteiger partial charge in [-0.2, -0.15) is 4.99 Å². The lowest BCUT2D eigenvalue weighted by molar-refractivity contribution is -0.344. The Hall–Kier alpha value is -3.95. The topological polar surface area (TPSA) is 65.8 Å². The summed E-state index contributed by atoms with van der Waals surface area (Å²) in [5.74, 6) is 3.08. The van der Waals surface area contributed by atoms with Gasteiger partial charge in [0.15, 0.2) is 5.87 Å². The molecule has 0 atom stereocenters. The molecule has 0 fully saturated rings. The van der Waals surface area contributed by atoms with Crippen LogP contribution in [0.3, 0.4) is 0 Å². The molecule has 0 unspecified atom stereocenters. The van der Waals surface area contributed by atoms with Gasteiger partial charge >= 0.3 is 5.97 Å². The van der Waals surface area contributed by atoms with Crippen LogP contribution in [-0.2, 0) is 4.74 Å². The smallest absolute Gasteiger partial charge is 0.338 e. The van der Waals surface area contributed by atoms with Crippen molar-refractivity contribution < 1.29 is 18.9 Å². The van der Waals surface area contributed by atoms with Gasteiger partial charge in [-0.25, -0.2) is 4.79 Å². The Balaban J connectivity index is 2.19. The number of rotatable bonds is 5. The molecular formula is C28H27N2O3+. The van der Waals surface area contributed by atoms with Crippen LogP contribution in [0.25, 0.3) is 33.4 Å². The van der Waals surface area contributed by atoms with E-state index in [1.54, 1.807) is 6.07 Å². The van der Waals surface area contributed by atoms with Gasteiger partial charge in [-0.05, 0) is 57.0 Å². The monoisotopic (exact) mass is 439 g/mol. The summed E-state index contributed by atoms with van der Waals surface area (Å²) in [4.78, 5) is 20.5. The van der Waals surface area contributed by atoms with Crippen molar-refractivity contribution >= 4 is 28.5 Å². The highest BCUT2D eigenvalue weighted by Crippen LogP contribution is 2.42. The SMILES string of the molecule is C=C=[NH+]c1cc2oc3cc(=NCC)c(C)cc-3c(-c3ccccc3C(=O)OCC)c2cc1C. The van der Waals surface area contributed by atoms with Crippen LogP contribution in [0, 0.1) is 13.8 Å². The molecule has 1 heterocycles. The van der Waals surface area contributed by atoms with Crippen LogP contribution >= 0.6 is 0 Å². The average molecular weight is 440 g/mol. The molecule has 1 aliphatic heterocycles. The van der Waals surface area contributed by atoms with Crippen molar-refractivity contribution in [3.8, 4) is 22.5 Å². The summed E-state index contributed by atoms with van der Waals surface area (Å²) in [7, 11) is 0. The van der Waals surface area contributed by atoms with Crippen molar-refractivity contribution in [2.45, 2.75) is 27.7 Å². The van der Waals surface area contributed by atoms with Crippen LogP contribution in [0.4, 0.5) is 5.69 Å². The van der Waals surface area contributed by atoms with Gasteiger partial charge in [0.05, 0.1) is 23.6 Å². The summed E-state index contributed by atoms with van der Waals surface area (Å²) >= 11 is 0. The highest BCUT2D eigenvalue weighted by molar-refractivity contribution is 6.08. The predicted octanol–water partition coefficient (Wildman–Crippen LogP) is 4.49. The first-order chi connectivity index (χ1) is 16.0. The van der Waals surface area contributed by atoms with Crippen molar-refractivity contribution in [1.82, 2.24) is 0 Å². The van der Waals surface area contributed by atoms with Crippen LogP contribution < -0.4 is 10.3 Å². The van der Waals surface area contributed by atoms with E-state index >= 15 is 0 Å². The highest BCUT2D eigenvalue weighted by atomic mass is 16.5. The number of carbonyl (C=O) groups is 1. The molecule has 0 aromatic heterocycles. The van der Waals surface area contributed by atoms with Crippen LogP contribution in [0.1, 0.15) is 35.3 Å². The molecule has 0 bridgehead atoms. The molecule has 4 rings (SSSR count). The molecule has 5 heteroatoms. The van der Waals surface area contributed by atoms with Gasteiger partial charge in [-0.15, -0.1) is 0 Å². The summed E-state index contributed by atoms with van der Waals surface area (Å²) in [6.07, 6.45) is 0. The zero-order chi connectivity index (χ0) is 23.5. The van der Waals surface area contributed by atoms with Crippen LogP contribution in [0.15, 0.2) is 64.5 Å². The fourth-order valence-electron chi connectivity index (χ4n) is 4.14. The second-order valence-electron chi connectivity index (χ2n) is 7.82. The van der Waals surface area contributed by atoms with Crippen LogP contribution in [0.5, 0.6) is 0 Å². The first-order valence-electron chi connectivity index (χ1n) is 11.0. The maximum Gasteiger partial charge on any atom is 0.338 e. The Bertz CT molecular complexity index is 1460. The third-order valence-corrected chi connectivity index (χ3v) is 5.63. The Labute approximate surface area is 193 Å². The normalized spacial score (nSPS) is 11.6. The van der Waals surface area contributed by atoms with E-state index in [0.29, 0.717) is 30.1 Å². The molecule has 2 aromatic rings. The molecule has 1 N–H and O–H groups in total. The Morgan fingerprint density at radius 1 is 1.09 bits per heavy atom. The van der Waals surface area contributed by atoms with Crippen molar-refractivity contribution in [2.75, 3.05) is 13.2 Å². The average Bonchev–Trinajstić information content (AvgIpc) is 2.80. The summed E-state index contributed by atoms with van der Waals surface area (Å²) in [6, 6.07) is 15.6. The largest absolute Gasteiger partial charge is 0.462 e. The lowest BCUT2D eigenvalue weighted by atomic mass is 9.89. The second-order valence-corrected chi connectivity index (χ2v) is 7.82. The minimum Gasteiger partial charge on any atom is -0.462 e. The molecule has 166 valence electrons. The maximum atomic E-state index is 12.8. The number of nitrogens with zero attached hydrogens (tertiary/aromatic N) is 1. The quantitative estimate of drug-likeness (QED) is 0.283. The molecule has 33 heavy (non-hydrogen) atoms. The molecule has 0 spiro atoms. The van der Waals surface area contributed by atoms with Crippen molar-refractivity contribution in [3.63, 3.8) is 0 Å². The summed E-state index contributed by atoms with van der Waals surface area (Å²) in [6.45, 7) is 12.5. The Kier molecular flexibility index (Phi) is 6.25. The number of esters is 1. The third kappa shape index (κ3) is 4.11. The standard InChI is InChI=1S/C28H26N2O3/c1-6-29-23-15-25-21(13-17(23)4)27(19-11-9-10-12-20(19)28(31)32-8-3)22-14-18(5)24(30-7-2)16-26(22)33-25/h9-16H,1,7-8H2,2-5H3/p+1. The van der Waals surface area contributed by atoms with Gasteiger partial charge in [0.25, 0.3) is 0 Å². The molecule has 1 aliphatic carbocycles. The van der Waals surface area contributed by atoms with Gasteiger partial charge in [-0.3, -0.25) is 4.99 Å². The molecule has 2 aliphatic rings. The van der Waals surface area contributed by atoms with Crippen molar-refractivity contribution in [3.05, 3.63) is 77.2 Å². The van der Waals surface area contributed by atoms with E-state index in [1.807, 2.05) is 58.0 Å². The fraction of sp³-hybridized carbons (Fsp3) is 0.214. The van der Waals surface area contributed by atoms with Crippen LogP contribution in [-0.4, -0.2) is 25.0 Å². The zero-order valence-corrected chi connectivity index (χ0v) is 19.4. The molecule has 5 nitrogen and oxygen atoms in total. The Morgan fingerprint density at radius 2 is 1.88 bits per heavy atom. The van der Waals surface area contributed by atoms with E-state index in [-0.39, 0.29) is 5.97 Å². The summed E-state index contributed by atoms with van der Waals surface area (Å²) in [5, 5.41) is 1.80. The van der Waals surface area contributed by atoms with Gasteiger partial charge in [0, 0.05) is 41.3 Å². The molecule has 2 aromatic carbocycles. The predicted molar refractivity (Wildman–Crippen MR) is 131 cm³/mol. The first-order valence-corrected chi connectivity index (χ1v) is 11.0. The van der Waals surface area contributed by atoms with Crippen molar-refractivity contribution in [2.24, 2.45) is 4.99 Å². The second kappa shape index (κ2) is 9.27. The van der Waals surface area contributed by atoms with E-state index < -0.39 is 0 Å². The van der Waals surface area contributed by atoms with E-state index in [0.717, 1.165) is 44.2 Å². The van der Waals surface area contributed by atoms with Gasteiger partial charge in [0.2, 0.25) is 5.69 Å². The highest BCUT2D eigenvalue weighted by Gasteiger charge is 2.23. The minimum atomic E-state index is -0.346. The number of hydrogen-bond acceptors (Lipinski definition) is 4. The third-order valence-electron chi connectivity index (χ3n) is 5.63. The number of hydrogen-bond donors (Lipinski definition) is 1. The molecular weight excluding hydrogens is 412 g/mol. The number of nitrogens with one attached hydrogen (secondary N) is 1. The van der Waals surface area contributed by atoms with E-state index in [9.17, 15) is 4.79 Å². The van der Waals surface area contributed by atoms with Gasteiger partial charge < -0.3 is 9.15 Å². The van der Waals surface area contributed by atoms with Crippen LogP contribution in [0.2, 0.25) is 0 Å². The van der Waals surface area contributed by atoms with E-state index in [1.165, 1.54) is 0 Å². The molecule has 0 radical (unpaired) electrons. The van der Waals surface area contributed by atoms with E-state index in [4.69, 9.17) is 9.15 Å². The maximum absolute atomic E-state index is 12.8. The lowest BCUT2D eigenvalue weighted by Crippen LogP contribution is -2.59. The number of ether oxygens (including phenoxy) is 1. The Morgan fingerprint density at radius 3 is 2.61 bits per heavy atom. The zero-order valence-electron chi connectivity index (χ0n) is 19.4. The minimum absolute atomic E-state index is 0.311. The number of benzene rings is 3. The summed E-state index contributed by atoms with van der Waals surface area (Å²) in [5.41, 5.74) is 6.77. The van der Waals surface area contributed by atoms with Crippen molar-refractivity contribution in [1.29, 1.82) is 0 Å². The molecule has 0 amide bonds. The molecule has 0 saturated carbocycles. The number of carbonyl (C=O) groups excluding carboxylic acids is 1. The number of aryl methyl sites for hydroxylation is 2. The van der Waals surface area contributed by atoms with Gasteiger partial charge in [-0.1, -0.05) is 18.2 Å². The van der Waals surface area contributed by atoms with Gasteiger partial charge in [0.1, 0.15) is 11.3 Å². The lowest BCUT2D eigenvalue weighted by Gasteiger charge is -2.18.